The van der Waals surface area contributed by atoms with E-state index in [2.05, 4.69) is 11.2 Å². The Kier molecular flexibility index (Phi) is 1.79. The summed E-state index contributed by atoms with van der Waals surface area (Å²) in [5.74, 6) is 0.822. The summed E-state index contributed by atoms with van der Waals surface area (Å²) in [7, 11) is 0. The SMILES string of the molecule is NCC1CC2CC2N1c1[c]occ1Cl. The van der Waals surface area contributed by atoms with Gasteiger partial charge in [-0.3, -0.25) is 0 Å². The molecule has 2 heterocycles. The first-order chi connectivity index (χ1) is 6.81. The summed E-state index contributed by atoms with van der Waals surface area (Å²) in [6, 6.07) is 1.06. The third kappa shape index (κ3) is 1.09. The average molecular weight is 212 g/mol. The van der Waals surface area contributed by atoms with Crippen LogP contribution in [0.3, 0.4) is 0 Å². The van der Waals surface area contributed by atoms with Gasteiger partial charge in [0, 0.05) is 18.6 Å². The Morgan fingerprint density at radius 1 is 1.64 bits per heavy atom. The van der Waals surface area contributed by atoms with Crippen LogP contribution in [0.25, 0.3) is 0 Å². The van der Waals surface area contributed by atoms with Gasteiger partial charge < -0.3 is 15.1 Å². The Balaban J connectivity index is 1.93. The average Bonchev–Trinajstić information content (AvgIpc) is 2.65. The van der Waals surface area contributed by atoms with Crippen molar-refractivity contribution in [2.45, 2.75) is 24.9 Å². The largest absolute Gasteiger partial charge is 0.457 e. The van der Waals surface area contributed by atoms with Crippen molar-refractivity contribution in [2.75, 3.05) is 11.4 Å². The van der Waals surface area contributed by atoms with Crippen molar-refractivity contribution >= 4 is 17.3 Å². The Hall–Kier alpha value is -0.670. The van der Waals surface area contributed by atoms with Gasteiger partial charge >= 0.3 is 0 Å². The molecule has 3 unspecified atom stereocenters. The van der Waals surface area contributed by atoms with Crippen LogP contribution in [-0.2, 0) is 0 Å². The lowest BCUT2D eigenvalue weighted by atomic mass is 10.1. The molecule has 14 heavy (non-hydrogen) atoms. The van der Waals surface area contributed by atoms with Crippen LogP contribution in [0.15, 0.2) is 10.7 Å². The summed E-state index contributed by atoms with van der Waals surface area (Å²) in [6.07, 6.45) is 6.82. The Morgan fingerprint density at radius 2 is 2.50 bits per heavy atom. The number of piperidine rings is 1. The summed E-state index contributed by atoms with van der Waals surface area (Å²) in [5.41, 5.74) is 6.63. The first-order valence-electron chi connectivity index (χ1n) is 4.94. The van der Waals surface area contributed by atoms with E-state index in [1.807, 2.05) is 0 Å². The second-order valence-corrected chi connectivity index (χ2v) is 4.54. The maximum Gasteiger partial charge on any atom is 0.196 e. The van der Waals surface area contributed by atoms with Gasteiger partial charge in [0.2, 0.25) is 0 Å². The van der Waals surface area contributed by atoms with Crippen LogP contribution in [-0.4, -0.2) is 18.6 Å². The Morgan fingerprint density at radius 3 is 3.14 bits per heavy atom. The summed E-state index contributed by atoms with van der Waals surface area (Å²) in [6.45, 7) is 0.683. The molecule has 0 aromatic carbocycles. The van der Waals surface area contributed by atoms with Crippen LogP contribution in [0.5, 0.6) is 0 Å². The summed E-state index contributed by atoms with van der Waals surface area (Å²) < 4.78 is 4.98. The number of furan rings is 1. The number of fused-ring (bicyclic) bond motifs is 1. The molecule has 3 atom stereocenters. The predicted octanol–water partition coefficient (Wildman–Crippen LogP) is 1.66. The van der Waals surface area contributed by atoms with Crippen LogP contribution < -0.4 is 10.6 Å². The molecule has 3 rings (SSSR count). The number of nitrogens with two attached hydrogens (primary N) is 1. The number of halogens is 1. The monoisotopic (exact) mass is 211 g/mol. The van der Waals surface area contributed by atoms with E-state index in [1.165, 1.54) is 19.1 Å². The third-order valence-electron chi connectivity index (χ3n) is 3.29. The number of hydrogen-bond donors (Lipinski definition) is 1. The molecule has 1 aromatic rings. The van der Waals surface area contributed by atoms with E-state index in [0.717, 1.165) is 11.6 Å². The van der Waals surface area contributed by atoms with Crippen molar-refractivity contribution in [3.63, 3.8) is 0 Å². The van der Waals surface area contributed by atoms with Crippen LogP contribution in [0.4, 0.5) is 5.69 Å². The van der Waals surface area contributed by atoms with E-state index in [4.69, 9.17) is 21.8 Å². The Labute approximate surface area is 87.8 Å². The number of nitrogens with zero attached hydrogens (tertiary/aromatic N) is 1. The van der Waals surface area contributed by atoms with E-state index >= 15 is 0 Å². The minimum Gasteiger partial charge on any atom is -0.457 e. The third-order valence-corrected chi connectivity index (χ3v) is 3.55. The summed E-state index contributed by atoms with van der Waals surface area (Å²) in [5, 5.41) is 0.649. The highest BCUT2D eigenvalue weighted by molar-refractivity contribution is 6.33. The topological polar surface area (TPSA) is 42.4 Å². The van der Waals surface area contributed by atoms with Crippen molar-refractivity contribution in [1.29, 1.82) is 0 Å². The fourth-order valence-corrected chi connectivity index (χ4v) is 2.72. The lowest BCUT2D eigenvalue weighted by Crippen LogP contribution is -2.38. The Bertz CT molecular complexity index is 352. The molecule has 3 nitrogen and oxygen atoms in total. The van der Waals surface area contributed by atoms with Crippen molar-refractivity contribution in [2.24, 2.45) is 11.7 Å². The van der Waals surface area contributed by atoms with Gasteiger partial charge in [0.05, 0.1) is 0 Å². The van der Waals surface area contributed by atoms with Crippen LogP contribution in [0.2, 0.25) is 5.02 Å². The van der Waals surface area contributed by atoms with Gasteiger partial charge in [0.1, 0.15) is 17.0 Å². The highest BCUT2D eigenvalue weighted by Crippen LogP contribution is 2.50. The normalized spacial score (nSPS) is 34.7. The quantitative estimate of drug-likeness (QED) is 0.809. The molecule has 2 fully saturated rings. The van der Waals surface area contributed by atoms with Crippen LogP contribution in [0.1, 0.15) is 12.8 Å². The van der Waals surface area contributed by atoms with Gasteiger partial charge in [-0.05, 0) is 18.8 Å². The van der Waals surface area contributed by atoms with Gasteiger partial charge in [0.25, 0.3) is 0 Å². The molecular formula is C10H12ClN2O. The van der Waals surface area contributed by atoms with E-state index in [9.17, 15) is 0 Å². The van der Waals surface area contributed by atoms with Gasteiger partial charge in [-0.15, -0.1) is 0 Å². The first kappa shape index (κ1) is 8.62. The van der Waals surface area contributed by atoms with Gasteiger partial charge in [-0.1, -0.05) is 11.6 Å². The maximum atomic E-state index is 6.02. The highest BCUT2D eigenvalue weighted by atomic mass is 35.5. The zero-order chi connectivity index (χ0) is 9.71. The summed E-state index contributed by atoms with van der Waals surface area (Å²) in [4.78, 5) is 2.29. The molecular weight excluding hydrogens is 200 g/mol. The van der Waals surface area contributed by atoms with Gasteiger partial charge in [-0.25, -0.2) is 0 Å². The number of hydrogen-bond acceptors (Lipinski definition) is 3. The van der Waals surface area contributed by atoms with E-state index in [1.54, 1.807) is 0 Å². The minimum atomic E-state index is 0.421. The zero-order valence-electron chi connectivity index (χ0n) is 7.74. The second kappa shape index (κ2) is 2.91. The van der Waals surface area contributed by atoms with Crippen molar-refractivity contribution in [1.82, 2.24) is 0 Å². The standard InChI is InChI=1S/C10H12ClN2O/c11-8-4-14-5-10(8)13-7(3-12)1-6-2-9(6)13/h4,6-7,9H,1-3,12H2. The first-order valence-corrected chi connectivity index (χ1v) is 5.32. The molecule has 4 heteroatoms. The number of anilines is 1. The fourth-order valence-electron chi connectivity index (χ4n) is 2.54. The van der Waals surface area contributed by atoms with E-state index in [-0.39, 0.29) is 0 Å². The molecule has 1 aromatic heterocycles. The van der Waals surface area contributed by atoms with Crippen molar-refractivity contribution in [3.8, 4) is 0 Å². The molecule has 1 aliphatic carbocycles. The maximum absolute atomic E-state index is 6.02. The lowest BCUT2D eigenvalue weighted by Gasteiger charge is -2.27. The molecule has 1 saturated heterocycles. The van der Waals surface area contributed by atoms with Gasteiger partial charge in [-0.2, -0.15) is 0 Å². The molecule has 0 spiro atoms. The van der Waals surface area contributed by atoms with Crippen molar-refractivity contribution in [3.05, 3.63) is 17.5 Å². The van der Waals surface area contributed by atoms with Crippen LogP contribution in [0, 0.1) is 12.2 Å². The second-order valence-electron chi connectivity index (χ2n) is 4.13. The lowest BCUT2D eigenvalue weighted by molar-refractivity contribution is 0.552. The van der Waals surface area contributed by atoms with Gasteiger partial charge in [0.15, 0.2) is 6.26 Å². The van der Waals surface area contributed by atoms with E-state index < -0.39 is 0 Å². The molecule has 75 valence electrons. The zero-order valence-corrected chi connectivity index (χ0v) is 8.50. The smallest absolute Gasteiger partial charge is 0.196 e. The van der Waals surface area contributed by atoms with E-state index in [0.29, 0.717) is 23.7 Å². The summed E-state index contributed by atoms with van der Waals surface area (Å²) >= 11 is 6.02. The van der Waals surface area contributed by atoms with Crippen LogP contribution >= 0.6 is 11.6 Å². The predicted molar refractivity (Wildman–Crippen MR) is 54.4 cm³/mol. The fraction of sp³-hybridized carbons (Fsp3) is 0.600. The van der Waals surface area contributed by atoms with Crippen molar-refractivity contribution < 1.29 is 4.42 Å². The molecule has 0 amide bonds. The molecule has 1 saturated carbocycles. The number of rotatable bonds is 2. The minimum absolute atomic E-state index is 0.421. The molecule has 1 radical (unpaired) electrons. The molecule has 2 N–H and O–H groups in total. The molecule has 1 aliphatic heterocycles. The molecule has 0 bridgehead atoms. The highest BCUT2D eigenvalue weighted by Gasteiger charge is 2.52. The molecule has 2 aliphatic rings.